The van der Waals surface area contributed by atoms with Gasteiger partial charge in [-0.2, -0.15) is 0 Å². The Bertz CT molecular complexity index is 351. The van der Waals surface area contributed by atoms with Gasteiger partial charge in [0.05, 0.1) is 0 Å². The Kier molecular flexibility index (Phi) is 6.99. The Morgan fingerprint density at radius 1 is 1.14 bits per heavy atom. The quantitative estimate of drug-likeness (QED) is 0.784. The van der Waals surface area contributed by atoms with Crippen LogP contribution in [0, 0.1) is 0 Å². The van der Waals surface area contributed by atoms with Crippen molar-refractivity contribution in [2.45, 2.75) is 71.3 Å². The van der Waals surface area contributed by atoms with E-state index >= 15 is 0 Å². The third-order valence-electron chi connectivity index (χ3n) is 4.42. The molecule has 0 bridgehead atoms. The van der Waals surface area contributed by atoms with E-state index in [2.05, 4.69) is 13.8 Å². The Hall–Kier alpha value is -1.26. The highest BCUT2D eigenvalue weighted by Crippen LogP contribution is 2.29. The number of amides is 2. The molecule has 122 valence electrons. The van der Waals surface area contributed by atoms with E-state index in [1.807, 2.05) is 4.90 Å². The molecule has 0 saturated carbocycles. The highest BCUT2D eigenvalue weighted by Gasteiger charge is 2.45. The number of carbonyl (C=O) groups excluding carboxylic acids is 1. The van der Waals surface area contributed by atoms with Crippen molar-refractivity contribution in [3.05, 3.63) is 0 Å². The van der Waals surface area contributed by atoms with Crippen molar-refractivity contribution < 1.29 is 14.7 Å². The van der Waals surface area contributed by atoms with Crippen molar-refractivity contribution in [2.24, 2.45) is 0 Å². The topological polar surface area (TPSA) is 60.9 Å². The van der Waals surface area contributed by atoms with Crippen molar-refractivity contribution in [1.82, 2.24) is 9.80 Å². The number of hydrogen-bond donors (Lipinski definition) is 1. The van der Waals surface area contributed by atoms with Crippen molar-refractivity contribution in [2.75, 3.05) is 19.6 Å². The van der Waals surface area contributed by atoms with Gasteiger partial charge in [-0.25, -0.2) is 9.59 Å². The standard InChI is InChI=1S/C16H30N2O3/c1-4-6-11-17(12-7-5-2)15(21)18-13-9-8-10-16(18,3)14(19)20/h4-13H2,1-3H3,(H,19,20). The lowest BCUT2D eigenvalue weighted by Crippen LogP contribution is -2.60. The number of likely N-dealkylation sites (tertiary alicyclic amines) is 1. The van der Waals surface area contributed by atoms with Gasteiger partial charge in [-0.1, -0.05) is 26.7 Å². The maximum Gasteiger partial charge on any atom is 0.329 e. The predicted molar refractivity (Wildman–Crippen MR) is 83.4 cm³/mol. The second-order valence-electron chi connectivity index (χ2n) is 6.16. The van der Waals surface area contributed by atoms with E-state index in [0.29, 0.717) is 13.0 Å². The molecule has 21 heavy (non-hydrogen) atoms. The van der Waals surface area contributed by atoms with Gasteiger partial charge in [-0.05, 0) is 39.0 Å². The number of unbranched alkanes of at least 4 members (excludes halogenated alkanes) is 2. The van der Waals surface area contributed by atoms with Gasteiger partial charge in [0.25, 0.3) is 0 Å². The fraction of sp³-hybridized carbons (Fsp3) is 0.875. The summed E-state index contributed by atoms with van der Waals surface area (Å²) in [5.74, 6) is -0.888. The van der Waals surface area contributed by atoms with E-state index < -0.39 is 11.5 Å². The average molecular weight is 298 g/mol. The molecule has 0 aliphatic carbocycles. The minimum absolute atomic E-state index is 0.0958. The van der Waals surface area contributed by atoms with Gasteiger partial charge in [0.1, 0.15) is 5.54 Å². The minimum atomic E-state index is -1.05. The number of carbonyl (C=O) groups is 2. The third-order valence-corrected chi connectivity index (χ3v) is 4.42. The number of aliphatic carboxylic acids is 1. The van der Waals surface area contributed by atoms with Crippen LogP contribution >= 0.6 is 0 Å². The molecule has 1 rings (SSSR count). The van der Waals surface area contributed by atoms with Gasteiger partial charge in [0.2, 0.25) is 0 Å². The number of hydrogen-bond acceptors (Lipinski definition) is 2. The van der Waals surface area contributed by atoms with Crippen LogP contribution in [-0.2, 0) is 4.79 Å². The van der Waals surface area contributed by atoms with Crippen molar-refractivity contribution >= 4 is 12.0 Å². The molecule has 1 aliphatic rings. The summed E-state index contributed by atoms with van der Waals surface area (Å²) in [5.41, 5.74) is -1.05. The highest BCUT2D eigenvalue weighted by atomic mass is 16.4. The molecule has 1 aliphatic heterocycles. The van der Waals surface area contributed by atoms with Gasteiger partial charge in [-0.3, -0.25) is 0 Å². The van der Waals surface area contributed by atoms with Crippen molar-refractivity contribution in [1.29, 1.82) is 0 Å². The van der Waals surface area contributed by atoms with E-state index in [-0.39, 0.29) is 6.03 Å². The summed E-state index contributed by atoms with van der Waals surface area (Å²) in [6.07, 6.45) is 6.31. The molecule has 5 heteroatoms. The van der Waals surface area contributed by atoms with E-state index in [9.17, 15) is 14.7 Å². The Balaban J connectivity index is 2.85. The zero-order valence-electron chi connectivity index (χ0n) is 13.7. The van der Waals surface area contributed by atoms with E-state index in [1.165, 1.54) is 0 Å². The summed E-state index contributed by atoms with van der Waals surface area (Å²) in [5, 5.41) is 9.54. The highest BCUT2D eigenvalue weighted by molar-refractivity contribution is 5.86. The first-order valence-electron chi connectivity index (χ1n) is 8.27. The summed E-state index contributed by atoms with van der Waals surface area (Å²) in [6, 6.07) is -0.0958. The molecule has 1 N–H and O–H groups in total. The summed E-state index contributed by atoms with van der Waals surface area (Å²) >= 11 is 0. The van der Waals surface area contributed by atoms with Crippen LogP contribution in [0.4, 0.5) is 4.79 Å². The predicted octanol–water partition coefficient (Wildman–Crippen LogP) is 3.34. The van der Waals surface area contributed by atoms with Crippen LogP contribution in [0.15, 0.2) is 0 Å². The van der Waals surface area contributed by atoms with E-state index in [1.54, 1.807) is 11.8 Å². The molecule has 1 unspecified atom stereocenters. The molecule has 0 aromatic rings. The molecule has 0 aromatic heterocycles. The Morgan fingerprint density at radius 2 is 1.71 bits per heavy atom. The monoisotopic (exact) mass is 298 g/mol. The van der Waals surface area contributed by atoms with Gasteiger partial charge in [0.15, 0.2) is 0 Å². The fourth-order valence-electron chi connectivity index (χ4n) is 2.82. The molecular weight excluding hydrogens is 268 g/mol. The van der Waals surface area contributed by atoms with Crippen LogP contribution < -0.4 is 0 Å². The number of nitrogens with zero attached hydrogens (tertiary/aromatic N) is 2. The number of carboxylic acid groups (broad SMARTS) is 1. The average Bonchev–Trinajstić information content (AvgIpc) is 2.47. The smallest absolute Gasteiger partial charge is 0.329 e. The van der Waals surface area contributed by atoms with Crippen LogP contribution in [0.1, 0.15) is 65.7 Å². The second-order valence-corrected chi connectivity index (χ2v) is 6.16. The number of carboxylic acids is 1. The van der Waals surface area contributed by atoms with Crippen molar-refractivity contribution in [3.63, 3.8) is 0 Å². The number of urea groups is 1. The fourth-order valence-corrected chi connectivity index (χ4v) is 2.82. The summed E-state index contributed by atoms with van der Waals surface area (Å²) in [7, 11) is 0. The second kappa shape index (κ2) is 8.25. The molecule has 2 amide bonds. The van der Waals surface area contributed by atoms with Crippen LogP contribution in [0.3, 0.4) is 0 Å². The van der Waals surface area contributed by atoms with Gasteiger partial charge >= 0.3 is 12.0 Å². The molecule has 1 heterocycles. The SMILES string of the molecule is CCCCN(CCCC)C(=O)N1CCCCC1(C)C(=O)O. The summed E-state index contributed by atoms with van der Waals surface area (Å²) < 4.78 is 0. The third kappa shape index (κ3) is 4.35. The molecule has 0 aromatic carbocycles. The lowest BCUT2D eigenvalue weighted by atomic mass is 9.89. The number of piperidine rings is 1. The Morgan fingerprint density at radius 3 is 2.19 bits per heavy atom. The molecule has 0 spiro atoms. The maximum absolute atomic E-state index is 12.8. The first kappa shape index (κ1) is 17.8. The summed E-state index contributed by atoms with van der Waals surface area (Å²) in [6.45, 7) is 7.89. The van der Waals surface area contributed by atoms with Crippen LogP contribution in [0.25, 0.3) is 0 Å². The minimum Gasteiger partial charge on any atom is -0.480 e. The Labute approximate surface area is 128 Å². The lowest BCUT2D eigenvalue weighted by molar-refractivity contribution is -0.150. The van der Waals surface area contributed by atoms with Gasteiger partial charge in [-0.15, -0.1) is 0 Å². The van der Waals surface area contributed by atoms with E-state index in [0.717, 1.165) is 51.6 Å². The molecule has 1 saturated heterocycles. The molecule has 1 fully saturated rings. The molecule has 0 radical (unpaired) electrons. The molecule has 5 nitrogen and oxygen atoms in total. The normalized spacial score (nSPS) is 22.1. The van der Waals surface area contributed by atoms with Gasteiger partial charge in [0, 0.05) is 19.6 Å². The lowest BCUT2D eigenvalue weighted by Gasteiger charge is -2.43. The zero-order chi connectivity index (χ0) is 15.9. The maximum atomic E-state index is 12.8. The zero-order valence-corrected chi connectivity index (χ0v) is 13.7. The van der Waals surface area contributed by atoms with Crippen LogP contribution in [0.2, 0.25) is 0 Å². The van der Waals surface area contributed by atoms with Crippen LogP contribution in [-0.4, -0.2) is 52.1 Å². The number of rotatable bonds is 7. The van der Waals surface area contributed by atoms with Gasteiger partial charge < -0.3 is 14.9 Å². The first-order valence-corrected chi connectivity index (χ1v) is 8.27. The molecular formula is C16H30N2O3. The van der Waals surface area contributed by atoms with Crippen molar-refractivity contribution in [3.8, 4) is 0 Å². The molecule has 1 atom stereocenters. The van der Waals surface area contributed by atoms with Crippen LogP contribution in [0.5, 0.6) is 0 Å². The first-order chi connectivity index (χ1) is 9.97. The summed E-state index contributed by atoms with van der Waals surface area (Å²) in [4.78, 5) is 27.9. The largest absolute Gasteiger partial charge is 0.480 e. The van der Waals surface area contributed by atoms with E-state index in [4.69, 9.17) is 0 Å².